The van der Waals surface area contributed by atoms with E-state index in [1.54, 1.807) is 18.0 Å². The molecule has 2 rings (SSSR count). The average Bonchev–Trinajstić information content (AvgIpc) is 2.39. The lowest BCUT2D eigenvalue weighted by molar-refractivity contribution is 1.14. The Morgan fingerprint density at radius 1 is 1.00 bits per heavy atom. The third kappa shape index (κ3) is 4.27. The first-order valence-electron chi connectivity index (χ1n) is 5.78. The molecule has 0 amide bonds. The van der Waals surface area contributed by atoms with Crippen LogP contribution in [0, 0.1) is 6.92 Å². The number of nitrogen functional groups attached to an aromatic ring is 1. The van der Waals surface area contributed by atoms with Gasteiger partial charge < -0.3 is 5.73 Å². The molecule has 0 aliphatic heterocycles. The Hall–Kier alpha value is -1.13. The molecule has 1 aromatic carbocycles. The molecule has 2 nitrogen and oxygen atoms in total. The molecule has 1 aromatic heterocycles. The van der Waals surface area contributed by atoms with Gasteiger partial charge in [0.05, 0.1) is 16.9 Å². The molecule has 2 aromatic rings. The zero-order valence-corrected chi connectivity index (χ0v) is 11.9. The molecule has 0 bridgehead atoms. The third-order valence-electron chi connectivity index (χ3n) is 2.38. The van der Waals surface area contributed by atoms with Gasteiger partial charge in [-0.3, -0.25) is 0 Å². The Morgan fingerprint density at radius 2 is 1.72 bits per heavy atom. The van der Waals surface area contributed by atoms with Gasteiger partial charge >= 0.3 is 0 Å². The number of hydrogen-bond acceptors (Lipinski definition) is 4. The number of benzene rings is 1. The van der Waals surface area contributed by atoms with E-state index in [0.717, 1.165) is 16.5 Å². The van der Waals surface area contributed by atoms with E-state index in [2.05, 4.69) is 36.2 Å². The highest BCUT2D eigenvalue weighted by Crippen LogP contribution is 2.22. The number of hydrogen-bond donors (Lipinski definition) is 1. The Bertz CT molecular complexity index is 433. The average molecular weight is 276 g/mol. The summed E-state index contributed by atoms with van der Waals surface area (Å²) in [6.07, 6.45) is 1.70. The van der Waals surface area contributed by atoms with E-state index in [1.165, 1.54) is 10.5 Å². The monoisotopic (exact) mass is 276 g/mol. The van der Waals surface area contributed by atoms with Crippen molar-refractivity contribution in [2.24, 2.45) is 0 Å². The lowest BCUT2D eigenvalue weighted by Gasteiger charge is -2.02. The van der Waals surface area contributed by atoms with Gasteiger partial charge in [0, 0.05) is 16.4 Å². The first-order valence-corrected chi connectivity index (χ1v) is 7.75. The van der Waals surface area contributed by atoms with Crippen LogP contribution < -0.4 is 5.73 Å². The van der Waals surface area contributed by atoms with Crippen LogP contribution in [0.5, 0.6) is 0 Å². The maximum absolute atomic E-state index is 5.59. The number of anilines is 1. The van der Waals surface area contributed by atoms with E-state index < -0.39 is 0 Å². The summed E-state index contributed by atoms with van der Waals surface area (Å²) >= 11 is 3.64. The van der Waals surface area contributed by atoms with Crippen molar-refractivity contribution < 1.29 is 0 Å². The van der Waals surface area contributed by atoms with E-state index in [1.807, 2.05) is 23.9 Å². The van der Waals surface area contributed by atoms with Gasteiger partial charge in [-0.2, -0.15) is 0 Å². The van der Waals surface area contributed by atoms with Crippen molar-refractivity contribution in [2.75, 3.05) is 17.2 Å². The van der Waals surface area contributed by atoms with Gasteiger partial charge in [0.25, 0.3) is 0 Å². The highest BCUT2D eigenvalue weighted by atomic mass is 32.2. The van der Waals surface area contributed by atoms with Crippen LogP contribution >= 0.6 is 23.5 Å². The second-order valence-corrected chi connectivity index (χ2v) is 6.22. The molecule has 4 heteroatoms. The van der Waals surface area contributed by atoms with Crippen molar-refractivity contribution >= 4 is 29.2 Å². The van der Waals surface area contributed by atoms with Crippen LogP contribution in [-0.4, -0.2) is 16.5 Å². The van der Waals surface area contributed by atoms with E-state index in [-0.39, 0.29) is 0 Å². The van der Waals surface area contributed by atoms with Crippen LogP contribution in [0.2, 0.25) is 0 Å². The Kier molecular flexibility index (Phi) is 4.96. The van der Waals surface area contributed by atoms with Crippen LogP contribution in [-0.2, 0) is 0 Å². The number of aromatic nitrogens is 1. The quantitative estimate of drug-likeness (QED) is 0.665. The molecule has 0 unspecified atom stereocenters. The van der Waals surface area contributed by atoms with Gasteiger partial charge in [0.15, 0.2) is 0 Å². The molecule has 1 heterocycles. The molecule has 0 spiro atoms. The molecule has 0 atom stereocenters. The summed E-state index contributed by atoms with van der Waals surface area (Å²) in [5.41, 5.74) is 7.62. The van der Waals surface area contributed by atoms with Crippen molar-refractivity contribution in [3.05, 3.63) is 48.2 Å². The van der Waals surface area contributed by atoms with Gasteiger partial charge in [-0.25, -0.2) is 4.98 Å². The number of nitrogens with two attached hydrogens (primary N) is 1. The van der Waals surface area contributed by atoms with E-state index in [9.17, 15) is 0 Å². The largest absolute Gasteiger partial charge is 0.397 e. The van der Waals surface area contributed by atoms with Gasteiger partial charge in [-0.05, 0) is 31.2 Å². The lowest BCUT2D eigenvalue weighted by Crippen LogP contribution is -1.89. The Balaban J connectivity index is 1.73. The SMILES string of the molecule is Cc1ccc(SCCSc2ccc(N)cn2)cc1. The van der Waals surface area contributed by atoms with E-state index in [0.29, 0.717) is 5.69 Å². The van der Waals surface area contributed by atoms with E-state index in [4.69, 9.17) is 5.73 Å². The topological polar surface area (TPSA) is 38.9 Å². The maximum Gasteiger partial charge on any atom is 0.0961 e. The zero-order chi connectivity index (χ0) is 12.8. The summed E-state index contributed by atoms with van der Waals surface area (Å²) in [5, 5.41) is 1.04. The summed E-state index contributed by atoms with van der Waals surface area (Å²) in [5.74, 6) is 2.13. The second kappa shape index (κ2) is 6.71. The first kappa shape index (κ1) is 13.3. The molecule has 0 saturated heterocycles. The van der Waals surface area contributed by atoms with Crippen LogP contribution in [0.25, 0.3) is 0 Å². The standard InChI is InChI=1S/C14H16N2S2/c1-11-2-5-13(6-3-11)17-8-9-18-14-7-4-12(15)10-16-14/h2-7,10H,8-9,15H2,1H3. The van der Waals surface area contributed by atoms with Crippen molar-refractivity contribution in [3.63, 3.8) is 0 Å². The summed E-state index contributed by atoms with van der Waals surface area (Å²) in [7, 11) is 0. The molecule has 0 fully saturated rings. The summed E-state index contributed by atoms with van der Waals surface area (Å²) in [6.45, 7) is 2.11. The molecule has 2 N–H and O–H groups in total. The van der Waals surface area contributed by atoms with Gasteiger partial charge in [0.1, 0.15) is 0 Å². The fourth-order valence-corrected chi connectivity index (χ4v) is 3.15. The summed E-state index contributed by atoms with van der Waals surface area (Å²) < 4.78 is 0. The molecule has 0 radical (unpaired) electrons. The predicted octanol–water partition coefficient (Wildman–Crippen LogP) is 3.86. The number of aryl methyl sites for hydroxylation is 1. The predicted molar refractivity (Wildman–Crippen MR) is 81.3 cm³/mol. The van der Waals surface area contributed by atoms with Crippen molar-refractivity contribution in [3.8, 4) is 0 Å². The lowest BCUT2D eigenvalue weighted by atomic mass is 10.2. The number of pyridine rings is 1. The number of rotatable bonds is 5. The summed E-state index contributed by atoms with van der Waals surface area (Å²) in [6, 6.07) is 12.5. The first-order chi connectivity index (χ1) is 8.74. The fraction of sp³-hybridized carbons (Fsp3) is 0.214. The second-order valence-electron chi connectivity index (χ2n) is 3.94. The third-order valence-corrected chi connectivity index (χ3v) is 4.60. The van der Waals surface area contributed by atoms with Crippen molar-refractivity contribution in [1.29, 1.82) is 0 Å². The molecule has 0 aliphatic rings. The van der Waals surface area contributed by atoms with Gasteiger partial charge in [0.2, 0.25) is 0 Å². The minimum Gasteiger partial charge on any atom is -0.397 e. The minimum absolute atomic E-state index is 0.716. The van der Waals surface area contributed by atoms with Crippen LogP contribution in [0.3, 0.4) is 0 Å². The van der Waals surface area contributed by atoms with Gasteiger partial charge in [-0.15, -0.1) is 23.5 Å². The fourth-order valence-electron chi connectivity index (χ4n) is 1.42. The van der Waals surface area contributed by atoms with Crippen LogP contribution in [0.1, 0.15) is 5.56 Å². The zero-order valence-electron chi connectivity index (χ0n) is 10.3. The molecule has 18 heavy (non-hydrogen) atoms. The Morgan fingerprint density at radius 3 is 2.39 bits per heavy atom. The maximum atomic E-state index is 5.59. The smallest absolute Gasteiger partial charge is 0.0961 e. The van der Waals surface area contributed by atoms with E-state index >= 15 is 0 Å². The molecule has 0 saturated carbocycles. The highest BCUT2D eigenvalue weighted by molar-refractivity contribution is 8.02. The summed E-state index contributed by atoms with van der Waals surface area (Å²) in [4.78, 5) is 5.59. The van der Waals surface area contributed by atoms with Gasteiger partial charge in [-0.1, -0.05) is 17.7 Å². The Labute approximate surface area is 116 Å². The molecular formula is C14H16N2S2. The molecule has 94 valence electrons. The molecule has 0 aliphatic carbocycles. The number of nitrogens with zero attached hydrogens (tertiary/aromatic N) is 1. The van der Waals surface area contributed by atoms with Crippen LogP contribution in [0.15, 0.2) is 52.5 Å². The van der Waals surface area contributed by atoms with Crippen molar-refractivity contribution in [1.82, 2.24) is 4.98 Å². The number of thioether (sulfide) groups is 2. The normalized spacial score (nSPS) is 10.5. The minimum atomic E-state index is 0.716. The highest BCUT2D eigenvalue weighted by Gasteiger charge is 1.97. The van der Waals surface area contributed by atoms with Crippen molar-refractivity contribution in [2.45, 2.75) is 16.8 Å². The van der Waals surface area contributed by atoms with Crippen LogP contribution in [0.4, 0.5) is 5.69 Å². The molecular weight excluding hydrogens is 260 g/mol.